The van der Waals surface area contributed by atoms with Crippen molar-refractivity contribution in [2.45, 2.75) is 33.0 Å². The van der Waals surface area contributed by atoms with E-state index >= 15 is 0 Å². The highest BCUT2D eigenvalue weighted by Gasteiger charge is 2.38. The molecule has 2 aromatic rings. The van der Waals surface area contributed by atoms with Crippen molar-refractivity contribution in [1.29, 1.82) is 0 Å². The minimum Gasteiger partial charge on any atom is -0.489 e. The fourth-order valence-electron chi connectivity index (χ4n) is 3.44. The molecule has 0 bridgehead atoms. The summed E-state index contributed by atoms with van der Waals surface area (Å²) in [7, 11) is 0. The Labute approximate surface area is 165 Å². The third-order valence-corrected chi connectivity index (χ3v) is 4.89. The third kappa shape index (κ3) is 4.63. The monoisotopic (exact) mass is 382 g/mol. The molecule has 1 heterocycles. The summed E-state index contributed by atoms with van der Waals surface area (Å²) in [5.41, 5.74) is 2.09. The van der Waals surface area contributed by atoms with Gasteiger partial charge in [-0.3, -0.25) is 0 Å². The van der Waals surface area contributed by atoms with Crippen LogP contribution in [-0.4, -0.2) is 46.0 Å². The number of urea groups is 1. The Morgan fingerprint density at radius 3 is 2.32 bits per heavy atom. The Balaban J connectivity index is 1.57. The molecule has 148 valence electrons. The molecular weight excluding hydrogens is 356 g/mol. The lowest BCUT2D eigenvalue weighted by atomic mass is 10.0. The Kier molecular flexibility index (Phi) is 6.19. The molecule has 1 N–H and O–H groups in total. The molecule has 1 unspecified atom stereocenters. The maximum atomic E-state index is 12.7. The van der Waals surface area contributed by atoms with E-state index in [9.17, 15) is 14.7 Å². The molecule has 3 rings (SSSR count). The Morgan fingerprint density at radius 1 is 1.04 bits per heavy atom. The maximum Gasteiger partial charge on any atom is 0.326 e. The number of aliphatic carboxylic acids is 1. The summed E-state index contributed by atoms with van der Waals surface area (Å²) in [5, 5.41) is 9.43. The summed E-state index contributed by atoms with van der Waals surface area (Å²) in [6.07, 6.45) is 0. The van der Waals surface area contributed by atoms with Crippen molar-refractivity contribution in [3.05, 3.63) is 65.7 Å². The highest BCUT2D eigenvalue weighted by Crippen LogP contribution is 2.21. The number of amides is 2. The highest BCUT2D eigenvalue weighted by molar-refractivity contribution is 5.84. The molecular formula is C22H26N2O4. The van der Waals surface area contributed by atoms with Gasteiger partial charge in [0.25, 0.3) is 0 Å². The molecule has 6 nitrogen and oxygen atoms in total. The first-order valence-electron chi connectivity index (χ1n) is 9.49. The van der Waals surface area contributed by atoms with E-state index in [1.807, 2.05) is 68.4 Å². The quantitative estimate of drug-likeness (QED) is 0.757. The van der Waals surface area contributed by atoms with Crippen LogP contribution in [0.4, 0.5) is 4.79 Å². The molecule has 0 aliphatic carbocycles. The van der Waals surface area contributed by atoms with E-state index in [2.05, 4.69) is 0 Å². The largest absolute Gasteiger partial charge is 0.489 e. The molecule has 0 aromatic heterocycles. The second-order valence-electron chi connectivity index (χ2n) is 7.34. The smallest absolute Gasteiger partial charge is 0.326 e. The van der Waals surface area contributed by atoms with Gasteiger partial charge < -0.3 is 19.6 Å². The maximum absolute atomic E-state index is 12.7. The lowest BCUT2D eigenvalue weighted by molar-refractivity contribution is -0.143. The van der Waals surface area contributed by atoms with Crippen LogP contribution >= 0.6 is 0 Å². The van der Waals surface area contributed by atoms with Gasteiger partial charge in [-0.25, -0.2) is 9.59 Å². The third-order valence-electron chi connectivity index (χ3n) is 4.89. The van der Waals surface area contributed by atoms with E-state index in [0.29, 0.717) is 26.2 Å². The number of carboxylic acids is 1. The second-order valence-corrected chi connectivity index (χ2v) is 7.34. The van der Waals surface area contributed by atoms with Gasteiger partial charge in [0.05, 0.1) is 0 Å². The first-order chi connectivity index (χ1) is 13.5. The SMILES string of the molecule is CC(C)C(C(=O)O)N1CCN(Cc2ccc(OCc3ccccc3)cc2)C1=O. The fraction of sp³-hybridized carbons (Fsp3) is 0.364. The number of rotatable bonds is 8. The number of hydrogen-bond acceptors (Lipinski definition) is 3. The minimum atomic E-state index is -0.954. The molecule has 28 heavy (non-hydrogen) atoms. The van der Waals surface area contributed by atoms with Crippen LogP contribution in [0.2, 0.25) is 0 Å². The van der Waals surface area contributed by atoms with Crippen LogP contribution in [0, 0.1) is 5.92 Å². The van der Waals surface area contributed by atoms with E-state index in [-0.39, 0.29) is 11.9 Å². The van der Waals surface area contributed by atoms with Crippen molar-refractivity contribution in [3.8, 4) is 5.75 Å². The molecule has 0 saturated carbocycles. The molecule has 1 saturated heterocycles. The van der Waals surface area contributed by atoms with E-state index in [0.717, 1.165) is 16.9 Å². The predicted molar refractivity (Wildman–Crippen MR) is 106 cm³/mol. The minimum absolute atomic E-state index is 0.137. The molecule has 2 amide bonds. The number of hydrogen-bond donors (Lipinski definition) is 1. The highest BCUT2D eigenvalue weighted by atomic mass is 16.5. The molecule has 0 spiro atoms. The average Bonchev–Trinajstić information content (AvgIpc) is 3.02. The average molecular weight is 382 g/mol. The van der Waals surface area contributed by atoms with Gasteiger partial charge in [0.1, 0.15) is 18.4 Å². The molecule has 2 aromatic carbocycles. The Morgan fingerprint density at radius 2 is 1.71 bits per heavy atom. The van der Waals surface area contributed by atoms with Gasteiger partial charge in [-0.2, -0.15) is 0 Å². The van der Waals surface area contributed by atoms with E-state index in [4.69, 9.17) is 4.74 Å². The van der Waals surface area contributed by atoms with E-state index < -0.39 is 12.0 Å². The Bertz CT molecular complexity index is 805. The van der Waals surface area contributed by atoms with Crippen molar-refractivity contribution in [3.63, 3.8) is 0 Å². The summed E-state index contributed by atoms with van der Waals surface area (Å²) >= 11 is 0. The van der Waals surface area contributed by atoms with Gasteiger partial charge in [-0.05, 0) is 29.2 Å². The summed E-state index contributed by atoms with van der Waals surface area (Å²) in [6.45, 7) is 5.57. The summed E-state index contributed by atoms with van der Waals surface area (Å²) < 4.78 is 5.79. The molecule has 1 aliphatic rings. The van der Waals surface area contributed by atoms with Crippen LogP contribution in [0.25, 0.3) is 0 Å². The topological polar surface area (TPSA) is 70.1 Å². The van der Waals surface area contributed by atoms with Crippen molar-refractivity contribution < 1.29 is 19.4 Å². The molecule has 1 fully saturated rings. The zero-order valence-corrected chi connectivity index (χ0v) is 16.2. The normalized spacial score (nSPS) is 15.2. The van der Waals surface area contributed by atoms with Crippen LogP contribution in [0.1, 0.15) is 25.0 Å². The van der Waals surface area contributed by atoms with Crippen molar-refractivity contribution >= 4 is 12.0 Å². The first kappa shape index (κ1) is 19.7. The summed E-state index contributed by atoms with van der Waals surface area (Å²) in [4.78, 5) is 27.3. The van der Waals surface area contributed by atoms with Gasteiger partial charge in [-0.1, -0.05) is 56.3 Å². The van der Waals surface area contributed by atoms with Crippen molar-refractivity contribution in [2.75, 3.05) is 13.1 Å². The van der Waals surface area contributed by atoms with Crippen LogP contribution in [0.15, 0.2) is 54.6 Å². The van der Waals surface area contributed by atoms with Crippen molar-refractivity contribution in [2.24, 2.45) is 5.92 Å². The van der Waals surface area contributed by atoms with Crippen LogP contribution in [0.5, 0.6) is 5.75 Å². The molecule has 6 heteroatoms. The number of carbonyl (C=O) groups excluding carboxylic acids is 1. The second kappa shape index (κ2) is 8.78. The number of nitrogens with zero attached hydrogens (tertiary/aromatic N) is 2. The number of carboxylic acid groups (broad SMARTS) is 1. The fourth-order valence-corrected chi connectivity index (χ4v) is 3.44. The zero-order valence-electron chi connectivity index (χ0n) is 16.2. The number of carbonyl (C=O) groups is 2. The summed E-state index contributed by atoms with van der Waals surface area (Å²) in [6, 6.07) is 16.6. The molecule has 1 atom stereocenters. The summed E-state index contributed by atoms with van der Waals surface area (Å²) in [5.74, 6) is -0.319. The Hall–Kier alpha value is -3.02. The first-order valence-corrected chi connectivity index (χ1v) is 9.49. The molecule has 1 aliphatic heterocycles. The zero-order chi connectivity index (χ0) is 20.1. The van der Waals surface area contributed by atoms with Gasteiger partial charge in [0.15, 0.2) is 0 Å². The predicted octanol–water partition coefficient (Wildman–Crippen LogP) is 3.61. The number of benzene rings is 2. The van der Waals surface area contributed by atoms with Crippen LogP contribution in [0.3, 0.4) is 0 Å². The standard InChI is InChI=1S/C22H26N2O4/c1-16(2)20(21(25)26)24-13-12-23(22(24)27)14-17-8-10-19(11-9-17)28-15-18-6-4-3-5-7-18/h3-11,16,20H,12-15H2,1-2H3,(H,25,26). The van der Waals surface area contributed by atoms with Crippen molar-refractivity contribution in [1.82, 2.24) is 9.80 Å². The van der Waals surface area contributed by atoms with Crippen LogP contribution < -0.4 is 4.74 Å². The van der Waals surface area contributed by atoms with E-state index in [1.54, 1.807) is 4.90 Å². The van der Waals surface area contributed by atoms with Gasteiger partial charge >= 0.3 is 12.0 Å². The number of ether oxygens (including phenoxy) is 1. The lowest BCUT2D eigenvalue weighted by Crippen LogP contribution is -2.46. The van der Waals surface area contributed by atoms with E-state index in [1.165, 1.54) is 4.90 Å². The van der Waals surface area contributed by atoms with Gasteiger partial charge in [0.2, 0.25) is 0 Å². The van der Waals surface area contributed by atoms with Gasteiger partial charge in [0, 0.05) is 19.6 Å². The van der Waals surface area contributed by atoms with Crippen LogP contribution in [-0.2, 0) is 17.9 Å². The lowest BCUT2D eigenvalue weighted by Gasteiger charge is -2.27. The molecule has 0 radical (unpaired) electrons. The van der Waals surface area contributed by atoms with Gasteiger partial charge in [-0.15, -0.1) is 0 Å².